The number of aromatic nitrogens is 2. The molecular weight excluding hydrogens is 418 g/mol. The molecule has 0 atom stereocenters. The van der Waals surface area contributed by atoms with Crippen LogP contribution < -0.4 is 5.32 Å². The predicted octanol–water partition coefficient (Wildman–Crippen LogP) is 5.20. The van der Waals surface area contributed by atoms with E-state index in [4.69, 9.17) is 21.3 Å². The number of carbonyl (C=O) groups excluding carboxylic acids is 1. The molecule has 1 aromatic heterocycles. The van der Waals surface area contributed by atoms with E-state index in [1.54, 1.807) is 13.0 Å². The van der Waals surface area contributed by atoms with E-state index in [-0.39, 0.29) is 40.0 Å². The normalized spacial score (nSPS) is 10.3. The molecule has 0 saturated carbocycles. The van der Waals surface area contributed by atoms with Crippen molar-refractivity contribution in [1.82, 2.24) is 20.5 Å². The lowest BCUT2D eigenvalue weighted by molar-refractivity contribution is -0.0184. The second-order valence-electron chi connectivity index (χ2n) is 5.94. The maximum absolute atomic E-state index is 14.6. The van der Waals surface area contributed by atoms with Crippen LogP contribution in [0.4, 0.5) is 13.6 Å². The second-order valence-corrected chi connectivity index (χ2v) is 6.37. The van der Waals surface area contributed by atoms with Gasteiger partial charge in [-0.3, -0.25) is 5.21 Å². The Morgan fingerprint density at radius 1 is 1.23 bits per heavy atom. The highest BCUT2D eigenvalue weighted by molar-refractivity contribution is 6.31. The molecule has 160 valence electrons. The summed E-state index contributed by atoms with van der Waals surface area (Å²) in [5.41, 5.74) is 0.836. The number of halogens is 3. The first-order chi connectivity index (χ1) is 14.3. The van der Waals surface area contributed by atoms with Gasteiger partial charge in [0.15, 0.2) is 0 Å². The van der Waals surface area contributed by atoms with E-state index in [1.807, 2.05) is 13.8 Å². The van der Waals surface area contributed by atoms with Gasteiger partial charge in [0.1, 0.15) is 11.6 Å². The van der Waals surface area contributed by atoms with E-state index in [0.717, 1.165) is 13.1 Å². The van der Waals surface area contributed by atoms with E-state index in [2.05, 4.69) is 15.5 Å². The van der Waals surface area contributed by atoms with Gasteiger partial charge < -0.3 is 9.84 Å². The molecule has 0 aliphatic heterocycles. The largest absolute Gasteiger partial charge is 0.341 e. The van der Waals surface area contributed by atoms with Crippen LogP contribution in [0.15, 0.2) is 34.9 Å². The molecule has 0 saturated heterocycles. The quantitative estimate of drug-likeness (QED) is 0.431. The van der Waals surface area contributed by atoms with Crippen LogP contribution in [-0.2, 0) is 6.54 Å². The number of aryl methyl sites for hydroxylation is 1. The highest BCUT2D eigenvalue weighted by atomic mass is 35.5. The van der Waals surface area contributed by atoms with Gasteiger partial charge in [-0.05, 0) is 29.3 Å². The number of urea groups is 1. The Morgan fingerprint density at radius 3 is 2.50 bits per heavy atom. The predicted molar refractivity (Wildman–Crippen MR) is 108 cm³/mol. The molecule has 3 rings (SSSR count). The van der Waals surface area contributed by atoms with E-state index in [0.29, 0.717) is 10.6 Å². The van der Waals surface area contributed by atoms with Crippen molar-refractivity contribution in [3.63, 3.8) is 0 Å². The molecule has 30 heavy (non-hydrogen) atoms. The van der Waals surface area contributed by atoms with Crippen LogP contribution in [0.25, 0.3) is 22.5 Å². The van der Waals surface area contributed by atoms with Crippen molar-refractivity contribution in [3.8, 4) is 22.5 Å². The topological polar surface area (TPSA) is 91.5 Å². The molecule has 0 aliphatic rings. The first-order valence-electron chi connectivity index (χ1n) is 9.05. The lowest BCUT2D eigenvalue weighted by Gasteiger charge is -2.13. The molecule has 0 unspecified atom stereocenters. The standard InChI is InChI=1S/C18H15ClF2N4O3.C2H6/c1-9-23-17(24-28-9)16-13(6-12(19)7-15(16)21)10-3-4-11(14(20)5-10)8-22-18(26)25(2)27;1-2/h3-7,27H,8H2,1-2H3,(H,22,26);1-2H3. The van der Waals surface area contributed by atoms with Crippen LogP contribution in [0.2, 0.25) is 5.02 Å². The highest BCUT2D eigenvalue weighted by Crippen LogP contribution is 2.36. The average molecular weight is 439 g/mol. The van der Waals surface area contributed by atoms with Gasteiger partial charge >= 0.3 is 6.03 Å². The van der Waals surface area contributed by atoms with Crippen LogP contribution in [0, 0.1) is 18.6 Å². The summed E-state index contributed by atoms with van der Waals surface area (Å²) in [5, 5.41) is 15.6. The molecule has 0 bridgehead atoms. The van der Waals surface area contributed by atoms with Crippen molar-refractivity contribution in [2.45, 2.75) is 27.3 Å². The molecule has 2 N–H and O–H groups in total. The first kappa shape index (κ1) is 23.2. The summed E-state index contributed by atoms with van der Waals surface area (Å²) in [6, 6.07) is 5.97. The second kappa shape index (κ2) is 10.1. The zero-order valence-electron chi connectivity index (χ0n) is 16.8. The number of nitrogens with one attached hydrogen (secondary N) is 1. The summed E-state index contributed by atoms with van der Waals surface area (Å²) in [6.45, 7) is 5.42. The first-order valence-corrected chi connectivity index (χ1v) is 9.43. The number of hydrogen-bond donors (Lipinski definition) is 2. The monoisotopic (exact) mass is 438 g/mol. The molecule has 0 fully saturated rings. The lowest BCUT2D eigenvalue weighted by atomic mass is 9.97. The molecular formula is C20H21ClF2N4O3. The van der Waals surface area contributed by atoms with Gasteiger partial charge in [0.2, 0.25) is 11.7 Å². The minimum absolute atomic E-state index is 0.0180. The molecule has 2 amide bonds. The molecule has 3 aromatic rings. The van der Waals surface area contributed by atoms with Crippen LogP contribution in [-0.4, -0.2) is 33.5 Å². The van der Waals surface area contributed by atoms with Crippen molar-refractivity contribution in [3.05, 3.63) is 58.4 Å². The number of amides is 2. The minimum atomic E-state index is -0.782. The fraction of sp³-hybridized carbons (Fsp3) is 0.250. The Hall–Kier alpha value is -3.04. The van der Waals surface area contributed by atoms with Gasteiger partial charge in [-0.2, -0.15) is 4.98 Å². The van der Waals surface area contributed by atoms with Gasteiger partial charge in [0.25, 0.3) is 0 Å². The van der Waals surface area contributed by atoms with Crippen molar-refractivity contribution in [1.29, 1.82) is 0 Å². The maximum Gasteiger partial charge on any atom is 0.341 e. The smallest absolute Gasteiger partial charge is 0.339 e. The van der Waals surface area contributed by atoms with E-state index < -0.39 is 17.7 Å². The number of nitrogens with zero attached hydrogens (tertiary/aromatic N) is 3. The minimum Gasteiger partial charge on any atom is -0.339 e. The molecule has 0 radical (unpaired) electrons. The molecule has 0 aliphatic carbocycles. The molecule has 2 aromatic carbocycles. The third-order valence-corrected chi connectivity index (χ3v) is 4.11. The van der Waals surface area contributed by atoms with E-state index in [9.17, 15) is 13.6 Å². The summed E-state index contributed by atoms with van der Waals surface area (Å²) < 4.78 is 34.0. The Morgan fingerprint density at radius 2 is 1.93 bits per heavy atom. The maximum atomic E-state index is 14.6. The third kappa shape index (κ3) is 5.31. The van der Waals surface area contributed by atoms with E-state index >= 15 is 0 Å². The Labute approximate surface area is 177 Å². The van der Waals surface area contributed by atoms with Crippen LogP contribution in [0.5, 0.6) is 0 Å². The third-order valence-electron chi connectivity index (χ3n) is 3.89. The van der Waals surface area contributed by atoms with Crippen molar-refractivity contribution in [2.24, 2.45) is 0 Å². The Bertz CT molecular complexity index is 1040. The van der Waals surface area contributed by atoms with Gasteiger partial charge in [-0.1, -0.05) is 42.7 Å². The summed E-state index contributed by atoms with van der Waals surface area (Å²) >= 11 is 5.98. The summed E-state index contributed by atoms with van der Waals surface area (Å²) in [5.74, 6) is -1.04. The highest BCUT2D eigenvalue weighted by Gasteiger charge is 2.20. The molecule has 7 nitrogen and oxygen atoms in total. The average Bonchev–Trinajstić information content (AvgIpc) is 3.13. The summed E-state index contributed by atoms with van der Waals surface area (Å²) in [7, 11) is 1.14. The summed E-state index contributed by atoms with van der Waals surface area (Å²) in [4.78, 5) is 15.4. The van der Waals surface area contributed by atoms with Crippen molar-refractivity contribution >= 4 is 17.6 Å². The van der Waals surface area contributed by atoms with E-state index in [1.165, 1.54) is 18.2 Å². The fourth-order valence-electron chi connectivity index (χ4n) is 2.57. The fourth-order valence-corrected chi connectivity index (χ4v) is 2.78. The van der Waals surface area contributed by atoms with Gasteiger partial charge in [-0.15, -0.1) is 0 Å². The van der Waals surface area contributed by atoms with Gasteiger partial charge in [0, 0.05) is 31.1 Å². The zero-order chi connectivity index (χ0) is 22.4. The number of rotatable bonds is 4. The van der Waals surface area contributed by atoms with Gasteiger partial charge in [-0.25, -0.2) is 18.6 Å². The van der Waals surface area contributed by atoms with Crippen molar-refractivity contribution in [2.75, 3.05) is 7.05 Å². The number of benzene rings is 2. The molecule has 10 heteroatoms. The number of hydrogen-bond acceptors (Lipinski definition) is 5. The molecule has 1 heterocycles. The number of carbonyl (C=O) groups is 1. The van der Waals surface area contributed by atoms with Crippen molar-refractivity contribution < 1.29 is 23.3 Å². The Balaban J connectivity index is 0.00000155. The number of hydroxylamine groups is 2. The molecule has 0 spiro atoms. The lowest BCUT2D eigenvalue weighted by Crippen LogP contribution is -2.34. The summed E-state index contributed by atoms with van der Waals surface area (Å²) in [6.07, 6.45) is 0. The van der Waals surface area contributed by atoms with Crippen LogP contribution in [0.3, 0.4) is 0 Å². The SMILES string of the molecule is CC.Cc1nc(-c2c(F)cc(Cl)cc2-c2ccc(CNC(=O)N(C)O)c(F)c2)no1. The Kier molecular flexibility index (Phi) is 7.85. The van der Waals surface area contributed by atoms with Crippen LogP contribution in [0.1, 0.15) is 25.3 Å². The van der Waals surface area contributed by atoms with Gasteiger partial charge in [0.05, 0.1) is 5.56 Å². The van der Waals surface area contributed by atoms with Crippen LogP contribution >= 0.6 is 11.6 Å². The zero-order valence-corrected chi connectivity index (χ0v) is 17.6.